The Bertz CT molecular complexity index is 1390. The molecule has 2 aromatic rings. The van der Waals surface area contributed by atoms with Crippen LogP contribution in [0, 0.1) is 11.8 Å². The average Bonchev–Trinajstić information content (AvgIpc) is 3.59. The van der Waals surface area contributed by atoms with E-state index in [1.165, 1.54) is 63.7 Å². The van der Waals surface area contributed by atoms with Crippen molar-refractivity contribution in [3.05, 3.63) is 47.0 Å². The molecule has 40 heavy (non-hydrogen) atoms. The van der Waals surface area contributed by atoms with E-state index < -0.39 is 23.8 Å². The summed E-state index contributed by atoms with van der Waals surface area (Å²) < 4.78 is 26.9. The lowest BCUT2D eigenvalue weighted by atomic mass is 9.93. The fraction of sp³-hybridized carbons (Fsp3) is 0.379. The van der Waals surface area contributed by atoms with Gasteiger partial charge in [0.25, 0.3) is 11.8 Å². The fourth-order valence-electron chi connectivity index (χ4n) is 5.88. The van der Waals surface area contributed by atoms with E-state index in [1.807, 2.05) is 0 Å². The molecule has 1 saturated heterocycles. The summed E-state index contributed by atoms with van der Waals surface area (Å²) in [5.74, 6) is -0.0682. The van der Waals surface area contributed by atoms with Crippen LogP contribution >= 0.6 is 0 Å². The van der Waals surface area contributed by atoms with Crippen molar-refractivity contribution in [3.63, 3.8) is 0 Å². The molecular weight excluding hydrogens is 520 g/mol. The number of carbonyl (C=O) groups is 4. The van der Waals surface area contributed by atoms with Crippen LogP contribution in [-0.4, -0.2) is 63.2 Å². The molecule has 3 fully saturated rings. The average molecular weight is 551 g/mol. The summed E-state index contributed by atoms with van der Waals surface area (Å²) in [5, 5.41) is 2.31. The highest BCUT2D eigenvalue weighted by molar-refractivity contribution is 6.31. The van der Waals surface area contributed by atoms with Crippen molar-refractivity contribution in [2.24, 2.45) is 11.8 Å². The summed E-state index contributed by atoms with van der Waals surface area (Å²) in [5.41, 5.74) is 0.453. The molecule has 2 aliphatic carbocycles. The van der Waals surface area contributed by atoms with E-state index in [9.17, 15) is 19.2 Å². The fourth-order valence-corrected chi connectivity index (χ4v) is 5.88. The topological polar surface area (TPSA) is 130 Å². The molecule has 3 aliphatic rings. The third kappa shape index (κ3) is 4.83. The molecule has 3 atom stereocenters. The molecule has 210 valence electrons. The summed E-state index contributed by atoms with van der Waals surface area (Å²) in [7, 11) is 5.73. The molecular formula is C29H30N2O9. The number of urea groups is 1. The molecule has 2 saturated carbocycles. The minimum absolute atomic E-state index is 0.113. The van der Waals surface area contributed by atoms with Crippen molar-refractivity contribution in [3.8, 4) is 28.7 Å². The number of hydrogen-bond donors (Lipinski definition) is 1. The maximum Gasteiger partial charge on any atom is 0.343 e. The lowest BCUT2D eigenvalue weighted by Crippen LogP contribution is -2.58. The number of barbiturate groups is 1. The molecule has 0 unspecified atom stereocenters. The summed E-state index contributed by atoms with van der Waals surface area (Å²) in [4.78, 5) is 52.8. The number of carbonyl (C=O) groups excluding carboxylic acids is 4. The van der Waals surface area contributed by atoms with Crippen LogP contribution in [0.1, 0.15) is 41.6 Å². The van der Waals surface area contributed by atoms with Crippen LogP contribution in [-0.2, 0) is 9.59 Å². The first-order valence-electron chi connectivity index (χ1n) is 12.9. The number of methoxy groups -OCH3 is 4. The molecule has 0 radical (unpaired) electrons. The third-order valence-corrected chi connectivity index (χ3v) is 7.77. The van der Waals surface area contributed by atoms with Gasteiger partial charge in [-0.15, -0.1) is 0 Å². The van der Waals surface area contributed by atoms with Crippen LogP contribution in [0.5, 0.6) is 28.7 Å². The number of hydrogen-bond acceptors (Lipinski definition) is 9. The van der Waals surface area contributed by atoms with Crippen molar-refractivity contribution >= 4 is 29.9 Å². The van der Waals surface area contributed by atoms with Gasteiger partial charge >= 0.3 is 12.0 Å². The van der Waals surface area contributed by atoms with Gasteiger partial charge in [-0.25, -0.2) is 9.59 Å². The van der Waals surface area contributed by atoms with E-state index in [1.54, 1.807) is 6.07 Å². The molecule has 1 aliphatic heterocycles. The van der Waals surface area contributed by atoms with Gasteiger partial charge in [-0.1, -0.05) is 12.5 Å². The largest absolute Gasteiger partial charge is 0.493 e. The highest BCUT2D eigenvalue weighted by Crippen LogP contribution is 2.47. The Labute approximate surface area is 231 Å². The van der Waals surface area contributed by atoms with Crippen molar-refractivity contribution in [1.82, 2.24) is 10.2 Å². The molecule has 2 bridgehead atoms. The predicted molar refractivity (Wildman–Crippen MR) is 142 cm³/mol. The van der Waals surface area contributed by atoms with E-state index in [0.29, 0.717) is 17.2 Å². The van der Waals surface area contributed by atoms with Gasteiger partial charge < -0.3 is 23.7 Å². The maximum absolute atomic E-state index is 13.3. The van der Waals surface area contributed by atoms with Crippen LogP contribution in [0.25, 0.3) is 6.08 Å². The quantitative estimate of drug-likeness (QED) is 0.227. The van der Waals surface area contributed by atoms with Crippen LogP contribution in [0.2, 0.25) is 0 Å². The van der Waals surface area contributed by atoms with Crippen LogP contribution in [0.15, 0.2) is 35.9 Å². The van der Waals surface area contributed by atoms with Gasteiger partial charge in [-0.05, 0) is 67.0 Å². The highest BCUT2D eigenvalue weighted by Gasteiger charge is 2.49. The van der Waals surface area contributed by atoms with Gasteiger partial charge in [-0.2, -0.15) is 0 Å². The zero-order chi connectivity index (χ0) is 28.6. The number of nitrogens with one attached hydrogen (secondary N) is 1. The Morgan fingerprint density at radius 2 is 1.57 bits per heavy atom. The van der Waals surface area contributed by atoms with Crippen LogP contribution in [0.3, 0.4) is 0 Å². The Balaban J connectivity index is 1.39. The highest BCUT2D eigenvalue weighted by atomic mass is 16.6. The van der Waals surface area contributed by atoms with Crippen LogP contribution in [0.4, 0.5) is 4.79 Å². The number of amides is 4. The Morgan fingerprint density at radius 1 is 0.875 bits per heavy atom. The van der Waals surface area contributed by atoms with Crippen molar-refractivity contribution < 1.29 is 42.9 Å². The predicted octanol–water partition coefficient (Wildman–Crippen LogP) is 3.59. The van der Waals surface area contributed by atoms with E-state index in [2.05, 4.69) is 5.32 Å². The van der Waals surface area contributed by atoms with E-state index in [4.69, 9.17) is 23.7 Å². The van der Waals surface area contributed by atoms with Crippen LogP contribution < -0.4 is 29.0 Å². The van der Waals surface area contributed by atoms with Gasteiger partial charge in [0.1, 0.15) is 5.57 Å². The zero-order valence-electron chi connectivity index (χ0n) is 22.6. The smallest absolute Gasteiger partial charge is 0.343 e. The second kappa shape index (κ2) is 10.9. The van der Waals surface area contributed by atoms with Gasteiger partial charge in [0.15, 0.2) is 23.0 Å². The lowest BCUT2D eigenvalue weighted by molar-refractivity contribution is -0.132. The SMILES string of the molecule is COc1cc(/C=C2\C(=O)NC(=O)N([C@H]3C[C@H]4CC[C@H]3C4)C2=O)ccc1OC(=O)c1cc(OC)c(OC)c(OC)c1. The summed E-state index contributed by atoms with van der Waals surface area (Å²) in [6.07, 6.45) is 5.26. The van der Waals surface area contributed by atoms with Crippen molar-refractivity contribution in [2.75, 3.05) is 28.4 Å². The lowest BCUT2D eigenvalue weighted by Gasteiger charge is -2.35. The normalized spacial score (nSPS) is 22.8. The van der Waals surface area contributed by atoms with E-state index in [0.717, 1.165) is 25.7 Å². The molecule has 5 rings (SSSR count). The Kier molecular flexibility index (Phi) is 7.38. The molecule has 0 spiro atoms. The van der Waals surface area contributed by atoms with Gasteiger partial charge in [0.05, 0.1) is 34.0 Å². The number of rotatable bonds is 8. The minimum Gasteiger partial charge on any atom is -0.493 e. The summed E-state index contributed by atoms with van der Waals surface area (Å²) >= 11 is 0. The molecule has 11 nitrogen and oxygen atoms in total. The first-order chi connectivity index (χ1) is 19.3. The third-order valence-electron chi connectivity index (χ3n) is 7.77. The number of esters is 1. The number of nitrogens with zero attached hydrogens (tertiary/aromatic N) is 1. The second-order valence-corrected chi connectivity index (χ2v) is 9.95. The van der Waals surface area contributed by atoms with Crippen molar-refractivity contribution in [1.29, 1.82) is 0 Å². The maximum atomic E-state index is 13.3. The number of fused-ring (bicyclic) bond motifs is 2. The molecule has 0 aromatic heterocycles. The summed E-state index contributed by atoms with van der Waals surface area (Å²) in [6, 6.07) is 6.66. The molecule has 1 N–H and O–H groups in total. The number of ether oxygens (including phenoxy) is 5. The van der Waals surface area contributed by atoms with Gasteiger partial charge in [0.2, 0.25) is 5.75 Å². The Morgan fingerprint density at radius 3 is 2.15 bits per heavy atom. The standard InChI is InChI=1S/C29H30N2O9/c1-36-22-12-16(6-8-21(22)40-28(34)18-13-23(37-2)25(39-4)24(14-18)38-3)10-19-26(32)30-29(35)31(27(19)33)20-11-15-5-7-17(20)9-15/h6,8,10,12-15,17,20H,5,7,9,11H2,1-4H3,(H,30,32,35)/b19-10+/t15-,17-,20-/m0/s1. The van der Waals surface area contributed by atoms with E-state index in [-0.39, 0.29) is 46.1 Å². The molecule has 2 aromatic carbocycles. The first-order valence-corrected chi connectivity index (χ1v) is 12.9. The van der Waals surface area contributed by atoms with E-state index >= 15 is 0 Å². The Hall–Kier alpha value is -4.54. The second-order valence-electron chi connectivity index (χ2n) is 9.95. The minimum atomic E-state index is -0.758. The number of benzene rings is 2. The van der Waals surface area contributed by atoms with Gasteiger partial charge in [-0.3, -0.25) is 19.8 Å². The first kappa shape index (κ1) is 27.0. The monoisotopic (exact) mass is 550 g/mol. The molecule has 1 heterocycles. The molecule has 11 heteroatoms. The number of imide groups is 2. The van der Waals surface area contributed by atoms with Crippen molar-refractivity contribution in [2.45, 2.75) is 31.7 Å². The van der Waals surface area contributed by atoms with Gasteiger partial charge in [0, 0.05) is 6.04 Å². The molecule has 4 amide bonds. The summed E-state index contributed by atoms with van der Waals surface area (Å²) in [6.45, 7) is 0. The zero-order valence-corrected chi connectivity index (χ0v) is 22.6.